The third kappa shape index (κ3) is 2.90. The smallest absolute Gasteiger partial charge is 0.255 e. The second-order valence-electron chi connectivity index (χ2n) is 9.31. The zero-order valence-electron chi connectivity index (χ0n) is 18.8. The molecule has 0 bridgehead atoms. The molecule has 3 aliphatic carbocycles. The Hall–Kier alpha value is -3.37. The molecule has 6 N–H and O–H groups in total. The lowest BCUT2D eigenvalue weighted by molar-refractivity contribution is -0.148. The molecule has 0 saturated carbocycles. The highest BCUT2D eigenvalue weighted by atomic mass is 16.3. The fourth-order valence-electron chi connectivity index (χ4n) is 5.65. The number of aromatic hydroxyl groups is 1. The molecule has 33 heavy (non-hydrogen) atoms. The first kappa shape index (κ1) is 22.8. The number of carbonyl (C=O) groups is 3. The number of carbonyl (C=O) groups excluding carboxylic acids is 3. The minimum atomic E-state index is -2.63. The van der Waals surface area contributed by atoms with Crippen molar-refractivity contribution in [2.45, 2.75) is 24.5 Å². The van der Waals surface area contributed by atoms with Crippen LogP contribution in [0.5, 0.6) is 5.75 Å². The number of anilines is 1. The van der Waals surface area contributed by atoms with Crippen molar-refractivity contribution in [1.29, 1.82) is 0 Å². The highest BCUT2D eigenvalue weighted by Gasteiger charge is 2.63. The van der Waals surface area contributed by atoms with Crippen LogP contribution < -0.4 is 10.6 Å². The summed E-state index contributed by atoms with van der Waals surface area (Å²) in [4.78, 5) is 42.0. The molecule has 0 aromatic heterocycles. The van der Waals surface area contributed by atoms with Crippen molar-refractivity contribution in [3.63, 3.8) is 0 Å². The SMILES string of the molecule is CN(C)c1ccc(O)c2c1CC1CC3[C@H](N(C)C)C(O)=C(C(N)=O)C(=O)C3(O)C(O)=C1C2=O. The molecular weight excluding hydrogens is 430 g/mol. The predicted octanol–water partition coefficient (Wildman–Crippen LogP) is 0.187. The first-order chi connectivity index (χ1) is 15.3. The van der Waals surface area contributed by atoms with Crippen LogP contribution in [0.4, 0.5) is 5.69 Å². The summed E-state index contributed by atoms with van der Waals surface area (Å²) in [6, 6.07) is 2.06. The number of hydrogen-bond donors (Lipinski definition) is 5. The van der Waals surface area contributed by atoms with Crippen LogP contribution in [0.15, 0.2) is 34.8 Å². The van der Waals surface area contributed by atoms with Crippen molar-refractivity contribution in [3.05, 3.63) is 45.9 Å². The average Bonchev–Trinajstić information content (AvgIpc) is 2.70. The maximum atomic E-state index is 13.5. The van der Waals surface area contributed by atoms with E-state index in [4.69, 9.17) is 5.73 Å². The lowest BCUT2D eigenvalue weighted by Gasteiger charge is -2.50. The van der Waals surface area contributed by atoms with Gasteiger partial charge in [0.2, 0.25) is 5.78 Å². The number of nitrogens with two attached hydrogens (primary N) is 1. The van der Waals surface area contributed by atoms with Gasteiger partial charge in [-0.3, -0.25) is 19.3 Å². The third-order valence-corrected chi connectivity index (χ3v) is 7.06. The van der Waals surface area contributed by atoms with Crippen molar-refractivity contribution >= 4 is 23.2 Å². The molecule has 1 aromatic carbocycles. The molecule has 176 valence electrons. The Balaban J connectivity index is 1.98. The van der Waals surface area contributed by atoms with E-state index in [0.29, 0.717) is 5.56 Å². The summed E-state index contributed by atoms with van der Waals surface area (Å²) in [7, 11) is 6.79. The maximum Gasteiger partial charge on any atom is 0.255 e. The number of ketones is 2. The molecule has 0 radical (unpaired) electrons. The Bertz CT molecular complexity index is 1170. The number of allylic oxidation sites excluding steroid dienone is 1. The van der Waals surface area contributed by atoms with Gasteiger partial charge in [-0.05, 0) is 50.6 Å². The quantitative estimate of drug-likeness (QED) is 0.398. The van der Waals surface area contributed by atoms with E-state index in [0.717, 1.165) is 5.69 Å². The number of rotatable bonds is 3. The Morgan fingerprint density at radius 3 is 2.30 bits per heavy atom. The summed E-state index contributed by atoms with van der Waals surface area (Å²) in [5.41, 5.74) is 3.02. The molecule has 1 aromatic rings. The molecule has 0 spiro atoms. The molecule has 1 amide bonds. The molecular formula is C23H27N3O7. The second-order valence-corrected chi connectivity index (χ2v) is 9.31. The normalized spacial score (nSPS) is 29.1. The van der Waals surface area contributed by atoms with Gasteiger partial charge in [-0.1, -0.05) is 0 Å². The van der Waals surface area contributed by atoms with E-state index in [2.05, 4.69) is 0 Å². The number of likely N-dealkylation sites (N-methyl/N-ethyl adjacent to an activating group) is 1. The zero-order valence-corrected chi connectivity index (χ0v) is 18.8. The van der Waals surface area contributed by atoms with Gasteiger partial charge in [0, 0.05) is 31.3 Å². The average molecular weight is 457 g/mol. The number of nitrogens with zero attached hydrogens (tertiary/aromatic N) is 2. The Labute approximate surface area is 190 Å². The first-order valence-corrected chi connectivity index (χ1v) is 10.5. The molecule has 0 saturated heterocycles. The van der Waals surface area contributed by atoms with Gasteiger partial charge in [0.25, 0.3) is 5.91 Å². The molecule has 10 nitrogen and oxygen atoms in total. The summed E-state index contributed by atoms with van der Waals surface area (Å²) in [5, 5.41) is 43.9. The highest BCUT2D eigenvalue weighted by molar-refractivity contribution is 6.24. The van der Waals surface area contributed by atoms with Crippen molar-refractivity contribution < 1.29 is 34.8 Å². The number of amides is 1. The van der Waals surface area contributed by atoms with Crippen LogP contribution in [0.2, 0.25) is 0 Å². The van der Waals surface area contributed by atoms with E-state index in [1.165, 1.54) is 11.0 Å². The van der Waals surface area contributed by atoms with Crippen molar-refractivity contribution in [2.24, 2.45) is 17.6 Å². The third-order valence-electron chi connectivity index (χ3n) is 7.06. The number of hydrogen-bond acceptors (Lipinski definition) is 9. The van der Waals surface area contributed by atoms with Crippen LogP contribution in [-0.2, 0) is 16.0 Å². The first-order valence-electron chi connectivity index (χ1n) is 10.5. The summed E-state index contributed by atoms with van der Waals surface area (Å²) < 4.78 is 0. The molecule has 3 unspecified atom stereocenters. The second kappa shape index (κ2) is 7.32. The van der Waals surface area contributed by atoms with Crippen LogP contribution >= 0.6 is 0 Å². The van der Waals surface area contributed by atoms with Gasteiger partial charge >= 0.3 is 0 Å². The van der Waals surface area contributed by atoms with Gasteiger partial charge in [0.1, 0.15) is 22.8 Å². The topological polar surface area (TPSA) is 165 Å². The van der Waals surface area contributed by atoms with Crippen LogP contribution in [0, 0.1) is 11.8 Å². The van der Waals surface area contributed by atoms with Crippen molar-refractivity contribution in [3.8, 4) is 5.75 Å². The van der Waals surface area contributed by atoms with E-state index in [1.807, 2.05) is 0 Å². The monoisotopic (exact) mass is 457 g/mol. The summed E-state index contributed by atoms with van der Waals surface area (Å²) in [6.45, 7) is 0. The van der Waals surface area contributed by atoms with E-state index in [-0.39, 0.29) is 29.7 Å². The maximum absolute atomic E-state index is 13.5. The number of phenolic OH excluding ortho intramolecular Hbond substituents is 1. The largest absolute Gasteiger partial charge is 0.510 e. The van der Waals surface area contributed by atoms with E-state index < -0.39 is 58.0 Å². The van der Waals surface area contributed by atoms with Crippen LogP contribution in [0.25, 0.3) is 0 Å². The number of phenols is 1. The lowest BCUT2D eigenvalue weighted by Crippen LogP contribution is -2.63. The molecule has 0 heterocycles. The summed E-state index contributed by atoms with van der Waals surface area (Å²) in [6.07, 6.45) is 0.324. The fourth-order valence-corrected chi connectivity index (χ4v) is 5.65. The zero-order chi connectivity index (χ0) is 24.6. The number of aliphatic hydroxyl groups is 3. The van der Waals surface area contributed by atoms with E-state index >= 15 is 0 Å². The van der Waals surface area contributed by atoms with Crippen molar-refractivity contribution in [1.82, 2.24) is 4.90 Å². The number of aliphatic hydroxyl groups excluding tert-OH is 2. The van der Waals surface area contributed by atoms with Crippen LogP contribution in [-0.4, -0.2) is 82.6 Å². The van der Waals surface area contributed by atoms with Crippen molar-refractivity contribution in [2.75, 3.05) is 33.1 Å². The molecule has 4 rings (SSSR count). The Morgan fingerprint density at radius 1 is 1.12 bits per heavy atom. The predicted molar refractivity (Wildman–Crippen MR) is 118 cm³/mol. The van der Waals surface area contributed by atoms with E-state index in [9.17, 15) is 34.8 Å². The van der Waals surface area contributed by atoms with Gasteiger partial charge in [-0.15, -0.1) is 0 Å². The van der Waals surface area contributed by atoms with Gasteiger partial charge < -0.3 is 31.1 Å². The molecule has 0 aliphatic heterocycles. The summed E-state index contributed by atoms with van der Waals surface area (Å²) in [5.74, 6) is -6.53. The fraction of sp³-hybridized carbons (Fsp3) is 0.435. The van der Waals surface area contributed by atoms with E-state index in [1.54, 1.807) is 39.2 Å². The van der Waals surface area contributed by atoms with Gasteiger partial charge in [0.05, 0.1) is 11.6 Å². The molecule has 10 heteroatoms. The number of benzene rings is 1. The number of primary amides is 1. The van der Waals surface area contributed by atoms with Crippen LogP contribution in [0.1, 0.15) is 22.3 Å². The minimum Gasteiger partial charge on any atom is -0.510 e. The standard InChI is InChI=1S/C23H27N3O7/c1-25(2)12-5-6-13(27)15-10(12)7-9-8-11-17(26(3)4)19(29)16(22(24)32)21(31)23(11,33)20(30)14(9)18(15)28/h5-6,9,11,17,27,29-30,33H,7-8H2,1-4H3,(H2,24,32)/t9?,11?,17-,23?/m0/s1. The highest BCUT2D eigenvalue weighted by Crippen LogP contribution is 2.52. The van der Waals surface area contributed by atoms with Gasteiger partial charge in [-0.25, -0.2) is 0 Å². The minimum absolute atomic E-state index is 0.00184. The molecule has 4 atom stereocenters. The lowest BCUT2D eigenvalue weighted by atomic mass is 9.58. The summed E-state index contributed by atoms with van der Waals surface area (Å²) >= 11 is 0. The Morgan fingerprint density at radius 2 is 1.76 bits per heavy atom. The van der Waals surface area contributed by atoms with Crippen LogP contribution in [0.3, 0.4) is 0 Å². The van der Waals surface area contributed by atoms with Gasteiger partial charge in [-0.2, -0.15) is 0 Å². The van der Waals surface area contributed by atoms with Gasteiger partial charge in [0.15, 0.2) is 11.4 Å². The number of Topliss-reactive ketones (excluding diaryl/α,β-unsaturated/α-hetero) is 2. The molecule has 0 fully saturated rings. The number of fused-ring (bicyclic) bond motifs is 3. The molecule has 3 aliphatic rings. The Kier molecular flexibility index (Phi) is 5.06.